The lowest BCUT2D eigenvalue weighted by Gasteiger charge is -2.38. The summed E-state index contributed by atoms with van der Waals surface area (Å²) in [6.45, 7) is 27.3. The Morgan fingerprint density at radius 3 is 1.55 bits per heavy atom. The van der Waals surface area contributed by atoms with E-state index in [0.29, 0.717) is 27.8 Å². The van der Waals surface area contributed by atoms with Crippen LogP contribution in [-0.4, -0.2) is 29.1 Å². The fraction of sp³-hybridized carbons (Fsp3) is 0.529. The Morgan fingerprint density at radius 2 is 1.15 bits per heavy atom. The van der Waals surface area contributed by atoms with E-state index in [1.54, 1.807) is 12.1 Å². The molecule has 0 atom stereocenters. The van der Waals surface area contributed by atoms with Crippen LogP contribution in [0.1, 0.15) is 67.9 Å². The molecule has 0 aliphatic rings. The maximum absolute atomic E-state index is 11.1. The minimum atomic E-state index is -2.02. The van der Waals surface area contributed by atoms with Crippen LogP contribution in [0.25, 0.3) is 0 Å². The molecule has 214 valence electrons. The highest BCUT2D eigenvalue weighted by Gasteiger charge is 2.41. The van der Waals surface area contributed by atoms with Gasteiger partial charge in [0.25, 0.3) is 5.69 Å². The summed E-state index contributed by atoms with van der Waals surface area (Å²) in [5.74, 6) is 17.1. The first-order valence-corrected chi connectivity index (χ1v) is 23.0. The van der Waals surface area contributed by atoms with Crippen LogP contribution in [0.2, 0.25) is 54.4 Å². The molecule has 0 aliphatic heterocycles. The third-order valence-corrected chi connectivity index (χ3v) is 19.9. The molecular formula is C34H49NO2Si3. The van der Waals surface area contributed by atoms with Crippen LogP contribution in [0.15, 0.2) is 35.4 Å². The lowest BCUT2D eigenvalue weighted by atomic mass is 10.1. The molecule has 0 N–H and O–H groups in total. The molecule has 0 unspecified atom stereocenters. The van der Waals surface area contributed by atoms with Gasteiger partial charge in [-0.15, -0.1) is 16.6 Å². The molecule has 0 saturated heterocycles. The third kappa shape index (κ3) is 9.71. The van der Waals surface area contributed by atoms with E-state index in [4.69, 9.17) is 0 Å². The van der Waals surface area contributed by atoms with Crippen LogP contribution >= 0.6 is 0 Å². The van der Waals surface area contributed by atoms with Gasteiger partial charge < -0.3 is 0 Å². The lowest BCUT2D eigenvalue weighted by molar-refractivity contribution is -0.384. The van der Waals surface area contributed by atoms with Crippen LogP contribution < -0.4 is 0 Å². The molecule has 6 heteroatoms. The summed E-state index contributed by atoms with van der Waals surface area (Å²) in [6, 6.07) is 9.69. The summed E-state index contributed by atoms with van der Waals surface area (Å²) in [5.41, 5.74) is 14.7. The van der Waals surface area contributed by atoms with Crippen molar-refractivity contribution in [3.63, 3.8) is 0 Å². The zero-order valence-corrected chi connectivity index (χ0v) is 29.9. The molecular weight excluding hydrogens is 539 g/mol. The third-order valence-electron chi connectivity index (χ3n) is 7.98. The molecule has 1 rings (SSSR count). The van der Waals surface area contributed by atoms with Gasteiger partial charge in [-0.3, -0.25) is 10.1 Å². The van der Waals surface area contributed by atoms with Crippen LogP contribution in [0.5, 0.6) is 0 Å². The normalized spacial score (nSPS) is 12.3. The summed E-state index contributed by atoms with van der Waals surface area (Å²) in [7, 11) is -5.43. The van der Waals surface area contributed by atoms with Crippen molar-refractivity contribution < 1.29 is 4.92 Å². The zero-order chi connectivity index (χ0) is 30.7. The lowest BCUT2D eigenvalue weighted by Crippen LogP contribution is -2.43. The highest BCUT2D eigenvalue weighted by atomic mass is 28.3. The summed E-state index contributed by atoms with van der Waals surface area (Å²) in [4.78, 5) is 10.7. The number of allylic oxidation sites excluding steroid dienone is 2. The van der Waals surface area contributed by atoms with E-state index in [-0.39, 0.29) is 5.69 Å². The van der Waals surface area contributed by atoms with Gasteiger partial charge in [-0.05, 0) is 46.9 Å². The smallest absolute Gasteiger partial charge is 0.258 e. The van der Waals surface area contributed by atoms with Gasteiger partial charge >= 0.3 is 0 Å². The van der Waals surface area contributed by atoms with Gasteiger partial charge in [-0.2, -0.15) is 0 Å². The first kappa shape index (κ1) is 35.3. The van der Waals surface area contributed by atoms with E-state index < -0.39 is 29.1 Å². The molecule has 1 aromatic rings. The molecule has 0 fully saturated rings. The molecule has 0 saturated carbocycles. The van der Waals surface area contributed by atoms with Crippen molar-refractivity contribution in [3.8, 4) is 46.2 Å². The standard InChI is InChI=1S/C34H49NO2Si3/c1-13-39(14-2,15-3)26-23-33(22-25-38(10,11)12)32(19-16-31-17-20-34(21-18-31)35(36)37)24-27-40(28(4)5,29(6)7)30(8)9/h17-18,20-21,28-30H,13-15H2,1-12H3/b33-32-. The largest absolute Gasteiger partial charge is 0.269 e. The molecule has 0 aromatic heterocycles. The number of non-ortho nitro benzene ring substituents is 1. The molecule has 0 heterocycles. The van der Waals surface area contributed by atoms with Crippen molar-refractivity contribution in [3.05, 3.63) is 51.1 Å². The minimum Gasteiger partial charge on any atom is -0.258 e. The minimum absolute atomic E-state index is 0.0512. The Bertz CT molecular complexity index is 1280. The monoisotopic (exact) mass is 587 g/mol. The van der Waals surface area contributed by atoms with Gasteiger partial charge in [-0.25, -0.2) is 0 Å². The van der Waals surface area contributed by atoms with Crippen molar-refractivity contribution in [2.45, 2.75) is 117 Å². The number of nitro benzene ring substituents is 1. The predicted molar refractivity (Wildman–Crippen MR) is 182 cm³/mol. The molecule has 0 bridgehead atoms. The summed E-state index contributed by atoms with van der Waals surface area (Å²) in [5, 5.41) is 11.1. The zero-order valence-electron chi connectivity index (χ0n) is 26.9. The van der Waals surface area contributed by atoms with Gasteiger partial charge in [-0.1, -0.05) is 112 Å². The predicted octanol–water partition coefficient (Wildman–Crippen LogP) is 9.40. The summed E-state index contributed by atoms with van der Waals surface area (Å²) >= 11 is 0. The van der Waals surface area contributed by atoms with Crippen LogP contribution in [0, 0.1) is 56.3 Å². The van der Waals surface area contributed by atoms with Crippen LogP contribution in [-0.2, 0) is 0 Å². The average molecular weight is 588 g/mol. The summed E-state index contributed by atoms with van der Waals surface area (Å²) < 4.78 is 0. The Balaban J connectivity index is 4.14. The Kier molecular flexibility index (Phi) is 13.5. The SMILES string of the molecule is CC[Si](C#C/C(C#C[Si](C)(C)C)=C(/C#Cc1ccc([N+](=O)[O-])cc1)C#C[Si](C(C)C)(C(C)C)C(C)C)(CC)CC. The Morgan fingerprint density at radius 1 is 0.725 bits per heavy atom. The first-order valence-electron chi connectivity index (χ1n) is 14.7. The average Bonchev–Trinajstić information content (AvgIpc) is 2.88. The number of rotatable bonds is 7. The van der Waals surface area contributed by atoms with Gasteiger partial charge in [0.15, 0.2) is 0 Å². The van der Waals surface area contributed by atoms with Gasteiger partial charge in [0.2, 0.25) is 0 Å². The van der Waals surface area contributed by atoms with Crippen LogP contribution in [0.3, 0.4) is 0 Å². The van der Waals surface area contributed by atoms with E-state index in [1.165, 1.54) is 12.1 Å². The topological polar surface area (TPSA) is 43.1 Å². The fourth-order valence-electron chi connectivity index (χ4n) is 5.18. The van der Waals surface area contributed by atoms with Gasteiger partial charge in [0.1, 0.15) is 24.2 Å². The number of nitro groups is 1. The second-order valence-corrected chi connectivity index (χ2v) is 27.8. The van der Waals surface area contributed by atoms with Gasteiger partial charge in [0.05, 0.1) is 16.1 Å². The molecule has 1 aromatic carbocycles. The van der Waals surface area contributed by atoms with Crippen molar-refractivity contribution in [2.75, 3.05) is 0 Å². The quantitative estimate of drug-likeness (QED) is 0.138. The number of nitrogens with zero attached hydrogens (tertiary/aromatic N) is 1. The van der Waals surface area contributed by atoms with E-state index in [0.717, 1.165) is 23.7 Å². The van der Waals surface area contributed by atoms with E-state index in [1.807, 2.05) is 0 Å². The van der Waals surface area contributed by atoms with Crippen molar-refractivity contribution in [1.29, 1.82) is 0 Å². The van der Waals surface area contributed by atoms with E-state index >= 15 is 0 Å². The number of hydrogen-bond donors (Lipinski definition) is 0. The van der Waals surface area contributed by atoms with E-state index in [9.17, 15) is 10.1 Å². The Labute approximate surface area is 248 Å². The molecule has 0 amide bonds. The number of benzene rings is 1. The van der Waals surface area contributed by atoms with E-state index in [2.05, 4.69) is 128 Å². The summed E-state index contributed by atoms with van der Waals surface area (Å²) in [6.07, 6.45) is 0. The second-order valence-electron chi connectivity index (χ2n) is 12.5. The second kappa shape index (κ2) is 15.3. The maximum atomic E-state index is 11.1. The van der Waals surface area contributed by atoms with Crippen molar-refractivity contribution in [2.24, 2.45) is 0 Å². The first-order chi connectivity index (χ1) is 18.6. The highest BCUT2D eigenvalue weighted by Crippen LogP contribution is 2.40. The number of hydrogen-bond acceptors (Lipinski definition) is 2. The fourth-order valence-corrected chi connectivity index (χ4v) is 13.3. The molecule has 0 aliphatic carbocycles. The Hall–Kier alpha value is -2.75. The van der Waals surface area contributed by atoms with Gasteiger partial charge in [0, 0.05) is 17.7 Å². The highest BCUT2D eigenvalue weighted by molar-refractivity contribution is 6.90. The molecule has 40 heavy (non-hydrogen) atoms. The molecule has 3 nitrogen and oxygen atoms in total. The van der Waals surface area contributed by atoms with Crippen LogP contribution in [0.4, 0.5) is 5.69 Å². The molecule has 0 radical (unpaired) electrons. The van der Waals surface area contributed by atoms with Crippen molar-refractivity contribution >= 4 is 29.9 Å². The van der Waals surface area contributed by atoms with Crippen molar-refractivity contribution in [1.82, 2.24) is 0 Å². The molecule has 0 spiro atoms. The maximum Gasteiger partial charge on any atom is 0.269 e.